The maximum atomic E-state index is 11.7. The highest BCUT2D eigenvalue weighted by molar-refractivity contribution is 5.96. The van der Waals surface area contributed by atoms with Crippen LogP contribution in [0.3, 0.4) is 0 Å². The minimum atomic E-state index is -0.743. The molecule has 0 unspecified atom stereocenters. The quantitative estimate of drug-likeness (QED) is 0.304. The van der Waals surface area contributed by atoms with Crippen molar-refractivity contribution in [3.63, 3.8) is 0 Å². The molecule has 0 aliphatic heterocycles. The van der Waals surface area contributed by atoms with Crippen molar-refractivity contribution in [2.24, 2.45) is 0 Å². The largest absolute Gasteiger partial charge is 0.482 e. The van der Waals surface area contributed by atoms with Crippen molar-refractivity contribution in [2.75, 3.05) is 18.5 Å². The van der Waals surface area contributed by atoms with Gasteiger partial charge in [-0.15, -0.1) is 0 Å². The lowest BCUT2D eigenvalue weighted by Crippen LogP contribution is -2.23. The van der Waals surface area contributed by atoms with Crippen LogP contribution in [-0.2, 0) is 14.3 Å². The van der Waals surface area contributed by atoms with E-state index < -0.39 is 30.0 Å². The number of carbonyl (C=O) groups is 3. The fourth-order valence-corrected chi connectivity index (χ4v) is 2.13. The van der Waals surface area contributed by atoms with E-state index in [-0.39, 0.29) is 11.5 Å². The van der Waals surface area contributed by atoms with E-state index in [1.165, 1.54) is 24.3 Å². The van der Waals surface area contributed by atoms with Crippen molar-refractivity contribution in [3.8, 4) is 5.75 Å². The molecule has 0 atom stereocenters. The Morgan fingerprint density at radius 1 is 1.00 bits per heavy atom. The highest BCUT2D eigenvalue weighted by Gasteiger charge is 2.10. The third kappa shape index (κ3) is 6.20. The number of carbonyl (C=O) groups excluding carboxylic acids is 3. The summed E-state index contributed by atoms with van der Waals surface area (Å²) in [5.74, 6) is -0.942. The number of hydrogen-bond acceptors (Lipinski definition) is 7. The number of non-ortho nitro benzene ring substituents is 1. The predicted octanol–water partition coefficient (Wildman–Crippen LogP) is 2.75. The summed E-state index contributed by atoms with van der Waals surface area (Å²) >= 11 is 0. The summed E-state index contributed by atoms with van der Waals surface area (Å²) in [6, 6.07) is 11.6. The van der Waals surface area contributed by atoms with Gasteiger partial charge in [0.05, 0.1) is 4.92 Å². The Labute approximate surface area is 160 Å². The van der Waals surface area contributed by atoms with Gasteiger partial charge in [-0.3, -0.25) is 19.7 Å². The van der Waals surface area contributed by atoms with Crippen molar-refractivity contribution < 1.29 is 28.8 Å². The minimum Gasteiger partial charge on any atom is -0.482 e. The first-order valence-corrected chi connectivity index (χ1v) is 8.35. The Bertz CT molecular complexity index is 861. The predicted molar refractivity (Wildman–Crippen MR) is 99.2 cm³/mol. The lowest BCUT2D eigenvalue weighted by Gasteiger charge is -2.08. The first-order chi connectivity index (χ1) is 13.4. The summed E-state index contributed by atoms with van der Waals surface area (Å²) in [5, 5.41) is 13.0. The third-order valence-corrected chi connectivity index (χ3v) is 3.58. The molecule has 2 aromatic rings. The van der Waals surface area contributed by atoms with Gasteiger partial charge >= 0.3 is 5.97 Å². The second kappa shape index (κ2) is 9.81. The summed E-state index contributed by atoms with van der Waals surface area (Å²) in [6.45, 7) is 0.843. The summed E-state index contributed by atoms with van der Waals surface area (Å²) in [7, 11) is 0. The highest BCUT2D eigenvalue weighted by atomic mass is 16.6. The number of nitro groups is 1. The van der Waals surface area contributed by atoms with E-state index in [0.29, 0.717) is 23.4 Å². The zero-order valence-corrected chi connectivity index (χ0v) is 15.0. The van der Waals surface area contributed by atoms with Gasteiger partial charge in [-0.05, 0) is 36.4 Å². The van der Waals surface area contributed by atoms with Crippen LogP contribution in [0.4, 0.5) is 11.4 Å². The Morgan fingerprint density at radius 3 is 2.21 bits per heavy atom. The number of ketones is 1. The monoisotopic (exact) mass is 386 g/mol. The lowest BCUT2D eigenvalue weighted by molar-refractivity contribution is -0.384. The summed E-state index contributed by atoms with van der Waals surface area (Å²) in [4.78, 5) is 45.0. The second-order valence-corrected chi connectivity index (χ2v) is 5.60. The van der Waals surface area contributed by atoms with E-state index in [0.717, 1.165) is 0 Å². The van der Waals surface area contributed by atoms with Crippen LogP contribution in [0.1, 0.15) is 23.7 Å². The first kappa shape index (κ1) is 20.6. The molecule has 146 valence electrons. The van der Waals surface area contributed by atoms with Crippen molar-refractivity contribution in [3.05, 3.63) is 64.2 Å². The Kier molecular flexibility index (Phi) is 7.21. The van der Waals surface area contributed by atoms with Crippen LogP contribution >= 0.6 is 0 Å². The number of ether oxygens (including phenoxy) is 2. The normalized spacial score (nSPS) is 10.0. The number of esters is 1. The maximum Gasteiger partial charge on any atom is 0.344 e. The second-order valence-electron chi connectivity index (χ2n) is 5.60. The lowest BCUT2D eigenvalue weighted by atomic mass is 10.1. The molecule has 0 aliphatic carbocycles. The third-order valence-electron chi connectivity index (χ3n) is 3.58. The van der Waals surface area contributed by atoms with Gasteiger partial charge < -0.3 is 14.8 Å². The van der Waals surface area contributed by atoms with Gasteiger partial charge in [0.1, 0.15) is 5.75 Å². The molecule has 0 radical (unpaired) electrons. The molecule has 9 nitrogen and oxygen atoms in total. The number of nitrogens with one attached hydrogen (secondary N) is 1. The van der Waals surface area contributed by atoms with Gasteiger partial charge in [-0.1, -0.05) is 6.92 Å². The molecule has 2 aromatic carbocycles. The molecule has 1 N–H and O–H groups in total. The Hall–Kier alpha value is -3.75. The molecule has 0 aliphatic rings. The van der Waals surface area contributed by atoms with E-state index in [4.69, 9.17) is 9.47 Å². The molecule has 0 fully saturated rings. The van der Waals surface area contributed by atoms with Gasteiger partial charge in [-0.25, -0.2) is 4.79 Å². The number of nitrogens with zero attached hydrogens (tertiary/aromatic N) is 1. The van der Waals surface area contributed by atoms with Crippen LogP contribution in [-0.4, -0.2) is 35.8 Å². The summed E-state index contributed by atoms with van der Waals surface area (Å²) in [5.41, 5.74) is 0.790. The molecule has 0 aromatic heterocycles. The van der Waals surface area contributed by atoms with Crippen LogP contribution in [0.25, 0.3) is 0 Å². The fourth-order valence-electron chi connectivity index (χ4n) is 2.13. The van der Waals surface area contributed by atoms with Crippen LogP contribution in [0.2, 0.25) is 0 Å². The van der Waals surface area contributed by atoms with E-state index in [2.05, 4.69) is 5.32 Å². The summed E-state index contributed by atoms with van der Waals surface area (Å²) < 4.78 is 10.0. The van der Waals surface area contributed by atoms with E-state index in [1.807, 2.05) is 0 Å². The van der Waals surface area contributed by atoms with Crippen molar-refractivity contribution in [1.82, 2.24) is 0 Å². The van der Waals surface area contributed by atoms with Gasteiger partial charge in [0, 0.05) is 29.8 Å². The van der Waals surface area contributed by atoms with Crippen LogP contribution in [0, 0.1) is 10.1 Å². The van der Waals surface area contributed by atoms with Crippen molar-refractivity contribution >= 4 is 29.0 Å². The SMILES string of the molecule is CCC(=O)c1ccc(OCC(=O)OCC(=O)Nc2ccc([N+](=O)[O-])cc2)cc1. The minimum absolute atomic E-state index is 0.00462. The van der Waals surface area contributed by atoms with Crippen molar-refractivity contribution in [2.45, 2.75) is 13.3 Å². The van der Waals surface area contributed by atoms with Crippen LogP contribution in [0.5, 0.6) is 5.75 Å². The van der Waals surface area contributed by atoms with Crippen LogP contribution in [0.15, 0.2) is 48.5 Å². The average molecular weight is 386 g/mol. The molecular weight excluding hydrogens is 368 g/mol. The van der Waals surface area contributed by atoms with E-state index in [9.17, 15) is 24.5 Å². The number of rotatable bonds is 9. The molecule has 28 heavy (non-hydrogen) atoms. The highest BCUT2D eigenvalue weighted by Crippen LogP contribution is 2.15. The zero-order valence-electron chi connectivity index (χ0n) is 15.0. The van der Waals surface area contributed by atoms with Crippen LogP contribution < -0.4 is 10.1 Å². The molecular formula is C19H18N2O7. The molecule has 1 amide bonds. The number of hydrogen-bond donors (Lipinski definition) is 1. The summed E-state index contributed by atoms with van der Waals surface area (Å²) in [6.07, 6.45) is 0.397. The number of amides is 1. The number of Topliss-reactive ketones (excluding diaryl/α,β-unsaturated/α-hetero) is 1. The average Bonchev–Trinajstić information content (AvgIpc) is 2.71. The molecule has 0 heterocycles. The van der Waals surface area contributed by atoms with E-state index in [1.54, 1.807) is 31.2 Å². The van der Waals surface area contributed by atoms with Gasteiger partial charge in [0.25, 0.3) is 11.6 Å². The Balaban J connectivity index is 1.73. The van der Waals surface area contributed by atoms with Gasteiger partial charge in [0.15, 0.2) is 19.0 Å². The van der Waals surface area contributed by atoms with Gasteiger partial charge in [-0.2, -0.15) is 0 Å². The number of nitro benzene ring substituents is 1. The molecule has 0 bridgehead atoms. The van der Waals surface area contributed by atoms with Gasteiger partial charge in [0.2, 0.25) is 0 Å². The Morgan fingerprint density at radius 2 is 1.64 bits per heavy atom. The molecule has 0 saturated heterocycles. The molecule has 9 heteroatoms. The molecule has 0 spiro atoms. The standard InChI is InChI=1S/C19H18N2O7/c1-2-17(22)13-3-9-16(10-4-13)27-12-19(24)28-11-18(23)20-14-5-7-15(8-6-14)21(25)26/h3-10H,2,11-12H2,1H3,(H,20,23). The smallest absolute Gasteiger partial charge is 0.344 e. The number of anilines is 1. The zero-order chi connectivity index (χ0) is 20.5. The maximum absolute atomic E-state index is 11.7. The number of benzene rings is 2. The molecule has 0 saturated carbocycles. The van der Waals surface area contributed by atoms with E-state index >= 15 is 0 Å². The molecule has 2 rings (SSSR count). The topological polar surface area (TPSA) is 125 Å². The first-order valence-electron chi connectivity index (χ1n) is 8.35. The van der Waals surface area contributed by atoms with Crippen molar-refractivity contribution in [1.29, 1.82) is 0 Å². The fraction of sp³-hybridized carbons (Fsp3) is 0.211.